The van der Waals surface area contributed by atoms with E-state index in [0.717, 1.165) is 46.9 Å². The Hall–Kier alpha value is -3.23. The first-order valence-electron chi connectivity index (χ1n) is 10.2. The highest BCUT2D eigenvalue weighted by Crippen LogP contribution is 2.30. The Bertz CT molecular complexity index is 1120. The molecule has 0 atom stereocenters. The number of hydrogen-bond donors (Lipinski definition) is 2. The van der Waals surface area contributed by atoms with Crippen molar-refractivity contribution in [1.82, 2.24) is 24.9 Å². The Labute approximate surface area is 181 Å². The van der Waals surface area contributed by atoms with Crippen molar-refractivity contribution in [1.29, 1.82) is 0 Å². The summed E-state index contributed by atoms with van der Waals surface area (Å²) in [5.41, 5.74) is 5.48. The Balaban J connectivity index is 1.78. The van der Waals surface area contributed by atoms with Gasteiger partial charge in [0.2, 0.25) is 0 Å². The molecule has 0 radical (unpaired) electrons. The number of rotatable bonds is 7. The third-order valence-corrected chi connectivity index (χ3v) is 5.25. The summed E-state index contributed by atoms with van der Waals surface area (Å²) in [5, 5.41) is 6.52. The van der Waals surface area contributed by atoms with Gasteiger partial charge in [0.05, 0.1) is 23.7 Å². The van der Waals surface area contributed by atoms with E-state index in [-0.39, 0.29) is 5.82 Å². The second-order valence-electron chi connectivity index (χ2n) is 7.51. The zero-order chi connectivity index (χ0) is 21.8. The number of likely N-dealkylation sites (N-methyl/N-ethyl adjacent to an activating group) is 1. The van der Waals surface area contributed by atoms with Crippen molar-refractivity contribution >= 4 is 17.3 Å². The number of nitrogens with zero attached hydrogens (tertiary/aromatic N) is 4. The molecular weight excluding hydrogens is 395 g/mol. The van der Waals surface area contributed by atoms with Crippen molar-refractivity contribution in [3.05, 3.63) is 65.7 Å². The zero-order valence-corrected chi connectivity index (χ0v) is 18.0. The molecule has 0 amide bonds. The lowest BCUT2D eigenvalue weighted by Gasteiger charge is -2.20. The molecule has 1 aromatic carbocycles. The maximum atomic E-state index is 13.5. The van der Waals surface area contributed by atoms with Crippen LogP contribution >= 0.6 is 0 Å². The van der Waals surface area contributed by atoms with Gasteiger partial charge in [-0.2, -0.15) is 0 Å². The lowest BCUT2D eigenvalue weighted by Crippen LogP contribution is -2.40. The van der Waals surface area contributed by atoms with E-state index in [1.54, 1.807) is 26.3 Å². The summed E-state index contributed by atoms with van der Waals surface area (Å²) in [5.74, 6) is 0.434. The number of nitrogens with one attached hydrogen (secondary N) is 2. The van der Waals surface area contributed by atoms with Crippen molar-refractivity contribution in [2.45, 2.75) is 6.54 Å². The SMILES string of the molecule is CN=C1NCC=C(c2c(-c3ccc(F)cc3)nc3cc(CN(C)CCOC)ccn23)N1. The quantitative estimate of drug-likeness (QED) is 0.613. The Morgan fingerprint density at radius 1 is 1.26 bits per heavy atom. The van der Waals surface area contributed by atoms with Crippen LogP contribution in [-0.2, 0) is 11.3 Å². The lowest BCUT2D eigenvalue weighted by molar-refractivity contribution is 0.158. The molecule has 1 aliphatic rings. The van der Waals surface area contributed by atoms with Crippen molar-refractivity contribution in [2.75, 3.05) is 40.9 Å². The van der Waals surface area contributed by atoms with Crippen LogP contribution in [-0.4, -0.2) is 61.1 Å². The molecule has 3 aromatic rings. The number of methoxy groups -OCH3 is 1. The maximum Gasteiger partial charge on any atom is 0.195 e. The standard InChI is InChI=1S/C23H27FN6O/c1-25-23-26-10-8-19(27-23)22-21(17-4-6-18(24)7-5-17)28-20-14-16(9-11-30(20)22)15-29(2)12-13-31-3/h4-9,11,14H,10,12-13,15H2,1-3H3,(H2,25,26,27). The third kappa shape index (κ3) is 4.60. The van der Waals surface area contributed by atoms with Crippen LogP contribution in [0.15, 0.2) is 53.7 Å². The molecule has 2 aromatic heterocycles. The third-order valence-electron chi connectivity index (χ3n) is 5.25. The fourth-order valence-electron chi connectivity index (χ4n) is 3.65. The minimum absolute atomic E-state index is 0.268. The first-order valence-corrected chi connectivity index (χ1v) is 10.2. The molecule has 4 rings (SSSR count). The summed E-state index contributed by atoms with van der Waals surface area (Å²) in [6, 6.07) is 10.6. The van der Waals surface area contributed by atoms with Gasteiger partial charge in [0.15, 0.2) is 5.96 Å². The van der Waals surface area contributed by atoms with Gasteiger partial charge in [0.25, 0.3) is 0 Å². The number of guanidine groups is 1. The van der Waals surface area contributed by atoms with E-state index in [0.29, 0.717) is 19.1 Å². The van der Waals surface area contributed by atoms with E-state index in [1.807, 2.05) is 6.20 Å². The van der Waals surface area contributed by atoms with Gasteiger partial charge < -0.3 is 15.4 Å². The molecule has 8 heteroatoms. The molecule has 0 spiro atoms. The number of halogens is 1. The van der Waals surface area contributed by atoms with E-state index in [4.69, 9.17) is 9.72 Å². The smallest absolute Gasteiger partial charge is 0.195 e. The molecule has 0 unspecified atom stereocenters. The molecule has 2 N–H and O–H groups in total. The van der Waals surface area contributed by atoms with Crippen molar-refractivity contribution in [3.63, 3.8) is 0 Å². The van der Waals surface area contributed by atoms with Gasteiger partial charge >= 0.3 is 0 Å². The first-order chi connectivity index (χ1) is 15.1. The average molecular weight is 423 g/mol. The number of benzene rings is 1. The van der Waals surface area contributed by atoms with Gasteiger partial charge in [-0.3, -0.25) is 14.3 Å². The van der Waals surface area contributed by atoms with Gasteiger partial charge in [-0.1, -0.05) is 0 Å². The topological polar surface area (TPSA) is 66.2 Å². The monoisotopic (exact) mass is 422 g/mol. The number of aromatic nitrogens is 2. The summed E-state index contributed by atoms with van der Waals surface area (Å²) in [4.78, 5) is 11.4. The first kappa shape index (κ1) is 21.0. The second-order valence-corrected chi connectivity index (χ2v) is 7.51. The second kappa shape index (κ2) is 9.28. The largest absolute Gasteiger partial charge is 0.383 e. The van der Waals surface area contributed by atoms with Crippen molar-refractivity contribution in [3.8, 4) is 11.3 Å². The normalized spacial score (nSPS) is 15.3. The number of aliphatic imine (C=N–C) groups is 1. The minimum atomic E-state index is -0.268. The van der Waals surface area contributed by atoms with Gasteiger partial charge in [-0.05, 0) is 55.1 Å². The van der Waals surface area contributed by atoms with Crippen molar-refractivity contribution in [2.24, 2.45) is 4.99 Å². The molecule has 0 fully saturated rings. The zero-order valence-electron chi connectivity index (χ0n) is 18.0. The Kier molecular flexibility index (Phi) is 6.29. The van der Waals surface area contributed by atoms with Gasteiger partial charge in [0.1, 0.15) is 11.5 Å². The van der Waals surface area contributed by atoms with E-state index in [1.165, 1.54) is 12.1 Å². The van der Waals surface area contributed by atoms with E-state index in [9.17, 15) is 4.39 Å². The number of ether oxygens (including phenoxy) is 1. The van der Waals surface area contributed by atoms with Crippen LogP contribution in [0.3, 0.4) is 0 Å². The molecule has 162 valence electrons. The van der Waals surface area contributed by atoms with Crippen molar-refractivity contribution < 1.29 is 9.13 Å². The number of hydrogen-bond acceptors (Lipinski definition) is 4. The fourth-order valence-corrected chi connectivity index (χ4v) is 3.65. The Morgan fingerprint density at radius 3 is 2.81 bits per heavy atom. The van der Waals surface area contributed by atoms with E-state index >= 15 is 0 Å². The summed E-state index contributed by atoms with van der Waals surface area (Å²) in [6.45, 7) is 3.00. The summed E-state index contributed by atoms with van der Waals surface area (Å²) >= 11 is 0. The maximum absolute atomic E-state index is 13.5. The van der Waals surface area contributed by atoms with E-state index < -0.39 is 0 Å². The Morgan fingerprint density at radius 2 is 2.06 bits per heavy atom. The number of fused-ring (bicyclic) bond motifs is 1. The van der Waals surface area contributed by atoms with Gasteiger partial charge in [0, 0.05) is 45.6 Å². The van der Waals surface area contributed by atoms with Gasteiger partial charge in [-0.25, -0.2) is 9.37 Å². The highest BCUT2D eigenvalue weighted by atomic mass is 19.1. The summed E-state index contributed by atoms with van der Waals surface area (Å²) in [6.07, 6.45) is 4.11. The van der Waals surface area contributed by atoms with E-state index in [2.05, 4.69) is 50.2 Å². The average Bonchev–Trinajstić information content (AvgIpc) is 3.17. The van der Waals surface area contributed by atoms with Crippen LogP contribution in [0.4, 0.5) is 4.39 Å². The van der Waals surface area contributed by atoms with Crippen LogP contribution in [0.5, 0.6) is 0 Å². The van der Waals surface area contributed by atoms with Crippen LogP contribution in [0.1, 0.15) is 11.3 Å². The fraction of sp³-hybridized carbons (Fsp3) is 0.304. The summed E-state index contributed by atoms with van der Waals surface area (Å²) < 4.78 is 20.8. The molecule has 0 saturated carbocycles. The molecule has 0 saturated heterocycles. The molecule has 31 heavy (non-hydrogen) atoms. The van der Waals surface area contributed by atoms with Gasteiger partial charge in [-0.15, -0.1) is 0 Å². The summed E-state index contributed by atoms with van der Waals surface area (Å²) in [7, 11) is 5.51. The van der Waals surface area contributed by atoms with Crippen LogP contribution in [0.2, 0.25) is 0 Å². The molecular formula is C23H27FN6O. The number of imidazole rings is 1. The number of pyridine rings is 1. The highest BCUT2D eigenvalue weighted by Gasteiger charge is 2.21. The van der Waals surface area contributed by atoms with Crippen LogP contribution in [0, 0.1) is 5.82 Å². The van der Waals surface area contributed by atoms with Crippen LogP contribution in [0.25, 0.3) is 22.6 Å². The lowest BCUT2D eigenvalue weighted by atomic mass is 10.1. The predicted molar refractivity (Wildman–Crippen MR) is 121 cm³/mol. The molecule has 0 bridgehead atoms. The molecule has 0 aliphatic carbocycles. The molecule has 1 aliphatic heterocycles. The molecule has 3 heterocycles. The predicted octanol–water partition coefficient (Wildman–Crippen LogP) is 2.74. The molecule has 7 nitrogen and oxygen atoms in total. The highest BCUT2D eigenvalue weighted by molar-refractivity contribution is 5.93. The van der Waals surface area contributed by atoms with Crippen LogP contribution < -0.4 is 10.6 Å². The minimum Gasteiger partial charge on any atom is -0.383 e.